The van der Waals surface area contributed by atoms with E-state index in [1.165, 1.54) is 0 Å². The first-order valence-electron chi connectivity index (χ1n) is 7.52. The number of fused-ring (bicyclic) bond motifs is 1. The van der Waals surface area contributed by atoms with Crippen molar-refractivity contribution in [3.8, 4) is 5.75 Å². The van der Waals surface area contributed by atoms with E-state index in [-0.39, 0.29) is 11.8 Å². The molecule has 9 heteroatoms. The quantitative estimate of drug-likeness (QED) is 0.740. The molecule has 1 aliphatic heterocycles. The summed E-state index contributed by atoms with van der Waals surface area (Å²) in [5, 5.41) is 6.96. The highest BCUT2D eigenvalue weighted by Gasteiger charge is 2.30. The molecule has 3 rings (SSSR count). The molecule has 2 aromatic carbocycles. The number of hydrazone groups is 1. The lowest BCUT2D eigenvalue weighted by atomic mass is 10.1. The molecule has 2 N–H and O–H groups in total. The Morgan fingerprint density at radius 2 is 1.88 bits per heavy atom. The van der Waals surface area contributed by atoms with Gasteiger partial charge in [-0.15, -0.1) is 0 Å². The molecule has 2 amide bonds. The fourth-order valence-corrected chi connectivity index (χ4v) is 2.60. The molecule has 26 heavy (non-hydrogen) atoms. The van der Waals surface area contributed by atoms with E-state index in [0.717, 1.165) is 24.3 Å². The van der Waals surface area contributed by atoms with Crippen molar-refractivity contribution >= 4 is 29.0 Å². The Kier molecular flexibility index (Phi) is 4.78. The second-order valence-corrected chi connectivity index (χ2v) is 5.98. The molecule has 0 spiro atoms. The number of carbonyl (C=O) groups is 1. The Hall–Kier alpha value is -2.74. The molecule has 0 aliphatic carbocycles. The Bertz CT molecular complexity index is 867. The number of nitrogens with one attached hydrogen (secondary N) is 2. The molecule has 1 atom stereocenters. The average molecular weight is 384 g/mol. The number of rotatable bonds is 2. The van der Waals surface area contributed by atoms with E-state index in [1.807, 2.05) is 0 Å². The minimum atomic E-state index is -4.43. The highest BCUT2D eigenvalue weighted by Crippen LogP contribution is 2.32. The molecule has 0 aromatic heterocycles. The van der Waals surface area contributed by atoms with Gasteiger partial charge in [-0.2, -0.15) is 18.3 Å². The van der Waals surface area contributed by atoms with E-state index in [0.29, 0.717) is 22.0 Å². The molecule has 0 saturated heterocycles. The van der Waals surface area contributed by atoms with Crippen molar-refractivity contribution in [1.82, 2.24) is 5.43 Å². The van der Waals surface area contributed by atoms with Crippen LogP contribution in [-0.2, 0) is 6.18 Å². The standard InChI is InChI=1S/C17H13ClF3N3O2/c1-9-15(13-7-4-11(18)8-14(13)26-9)23-24-16(25)22-12-5-2-10(3-6-12)17(19,20)21/h2-9H,1H3,(H2,22,24,25)/b23-15+. The zero-order valence-electron chi connectivity index (χ0n) is 13.4. The van der Waals surface area contributed by atoms with Gasteiger partial charge in [0.2, 0.25) is 0 Å². The molecule has 0 fully saturated rings. The molecule has 0 saturated carbocycles. The number of hydrogen-bond donors (Lipinski definition) is 2. The minimum Gasteiger partial charge on any atom is -0.484 e. The van der Waals surface area contributed by atoms with Crippen molar-refractivity contribution < 1.29 is 22.7 Å². The first-order chi connectivity index (χ1) is 12.2. The van der Waals surface area contributed by atoms with Crippen LogP contribution in [0.4, 0.5) is 23.7 Å². The van der Waals surface area contributed by atoms with E-state index in [1.54, 1.807) is 25.1 Å². The summed E-state index contributed by atoms with van der Waals surface area (Å²) in [4.78, 5) is 11.9. The van der Waals surface area contributed by atoms with Crippen LogP contribution in [0, 0.1) is 0 Å². The summed E-state index contributed by atoms with van der Waals surface area (Å²) in [6, 6.07) is 8.46. The maximum atomic E-state index is 12.5. The van der Waals surface area contributed by atoms with Crippen molar-refractivity contribution in [2.75, 3.05) is 5.32 Å². The topological polar surface area (TPSA) is 62.7 Å². The first kappa shape index (κ1) is 18.1. The Balaban J connectivity index is 1.67. The van der Waals surface area contributed by atoms with Crippen molar-refractivity contribution in [3.63, 3.8) is 0 Å². The van der Waals surface area contributed by atoms with Gasteiger partial charge in [-0.1, -0.05) is 11.6 Å². The molecule has 1 unspecified atom stereocenters. The van der Waals surface area contributed by atoms with Crippen LogP contribution >= 0.6 is 11.6 Å². The third kappa shape index (κ3) is 3.91. The van der Waals surface area contributed by atoms with Gasteiger partial charge in [-0.25, -0.2) is 10.2 Å². The summed E-state index contributed by atoms with van der Waals surface area (Å²) in [5.41, 5.74) is 2.94. The highest BCUT2D eigenvalue weighted by molar-refractivity contribution is 6.31. The van der Waals surface area contributed by atoms with Crippen molar-refractivity contribution in [3.05, 3.63) is 58.6 Å². The van der Waals surface area contributed by atoms with Crippen LogP contribution in [0.5, 0.6) is 5.75 Å². The van der Waals surface area contributed by atoms with Crippen molar-refractivity contribution in [2.24, 2.45) is 5.10 Å². The Morgan fingerprint density at radius 3 is 2.54 bits per heavy atom. The van der Waals surface area contributed by atoms with Crippen LogP contribution in [0.15, 0.2) is 47.6 Å². The number of benzene rings is 2. The number of carbonyl (C=O) groups excluding carboxylic acids is 1. The Morgan fingerprint density at radius 1 is 1.19 bits per heavy atom. The zero-order chi connectivity index (χ0) is 18.9. The lowest BCUT2D eigenvalue weighted by Crippen LogP contribution is -2.28. The first-order valence-corrected chi connectivity index (χ1v) is 7.90. The van der Waals surface area contributed by atoms with Gasteiger partial charge in [0.15, 0.2) is 0 Å². The molecule has 1 aliphatic rings. The molecule has 0 bridgehead atoms. The number of amides is 2. The zero-order valence-corrected chi connectivity index (χ0v) is 14.2. The Labute approximate surface area is 151 Å². The average Bonchev–Trinajstić information content (AvgIpc) is 2.87. The van der Waals surface area contributed by atoms with Crippen molar-refractivity contribution in [1.29, 1.82) is 0 Å². The fraction of sp³-hybridized carbons (Fsp3) is 0.176. The smallest absolute Gasteiger partial charge is 0.416 e. The van der Waals surface area contributed by atoms with Crippen molar-refractivity contribution in [2.45, 2.75) is 19.2 Å². The second-order valence-electron chi connectivity index (χ2n) is 5.54. The highest BCUT2D eigenvalue weighted by atomic mass is 35.5. The lowest BCUT2D eigenvalue weighted by molar-refractivity contribution is -0.137. The maximum Gasteiger partial charge on any atom is 0.416 e. The number of nitrogens with zero attached hydrogens (tertiary/aromatic N) is 1. The predicted molar refractivity (Wildman–Crippen MR) is 91.7 cm³/mol. The summed E-state index contributed by atoms with van der Waals surface area (Å²) < 4.78 is 43.2. The third-order valence-corrected chi connectivity index (χ3v) is 3.89. The largest absolute Gasteiger partial charge is 0.484 e. The molecule has 136 valence electrons. The molecule has 0 radical (unpaired) electrons. The van der Waals surface area contributed by atoms with Gasteiger partial charge in [0.05, 0.1) is 5.56 Å². The van der Waals surface area contributed by atoms with Gasteiger partial charge in [0.1, 0.15) is 17.6 Å². The van der Waals surface area contributed by atoms with Gasteiger partial charge in [0, 0.05) is 16.3 Å². The number of urea groups is 1. The molecule has 1 heterocycles. The van der Waals surface area contributed by atoms with Gasteiger partial charge in [-0.05, 0) is 49.4 Å². The van der Waals surface area contributed by atoms with Gasteiger partial charge >= 0.3 is 12.2 Å². The van der Waals surface area contributed by atoms with E-state index in [2.05, 4.69) is 15.8 Å². The van der Waals surface area contributed by atoms with E-state index >= 15 is 0 Å². The predicted octanol–water partition coefficient (Wildman–Crippen LogP) is 4.67. The fourth-order valence-electron chi connectivity index (χ4n) is 2.43. The van der Waals surface area contributed by atoms with E-state index in [9.17, 15) is 18.0 Å². The van der Waals surface area contributed by atoms with Crippen LogP contribution in [-0.4, -0.2) is 17.8 Å². The van der Waals surface area contributed by atoms with Crippen LogP contribution in [0.3, 0.4) is 0 Å². The summed E-state index contributed by atoms with van der Waals surface area (Å²) >= 11 is 5.91. The molecule has 5 nitrogen and oxygen atoms in total. The van der Waals surface area contributed by atoms with E-state index < -0.39 is 17.8 Å². The van der Waals surface area contributed by atoms with Crippen LogP contribution in [0.1, 0.15) is 18.1 Å². The molecule has 2 aromatic rings. The maximum absolute atomic E-state index is 12.5. The van der Waals surface area contributed by atoms with Crippen LogP contribution in [0.25, 0.3) is 0 Å². The van der Waals surface area contributed by atoms with Gasteiger partial charge in [0.25, 0.3) is 0 Å². The lowest BCUT2D eigenvalue weighted by Gasteiger charge is -2.09. The van der Waals surface area contributed by atoms with Crippen LogP contribution < -0.4 is 15.5 Å². The third-order valence-electron chi connectivity index (χ3n) is 3.66. The molecular formula is C17H13ClF3N3O2. The summed E-state index contributed by atoms with van der Waals surface area (Å²) in [7, 11) is 0. The van der Waals surface area contributed by atoms with E-state index in [4.69, 9.17) is 16.3 Å². The molecular weight excluding hydrogens is 371 g/mol. The van der Waals surface area contributed by atoms with Crippen LogP contribution in [0.2, 0.25) is 5.02 Å². The number of alkyl halides is 3. The summed E-state index contributed by atoms with van der Waals surface area (Å²) in [5.74, 6) is 0.564. The SMILES string of the molecule is CC1Oc2cc(Cl)ccc2/C1=N/NC(=O)Nc1ccc(C(F)(F)F)cc1. The summed E-state index contributed by atoms with van der Waals surface area (Å²) in [6.45, 7) is 1.77. The monoisotopic (exact) mass is 383 g/mol. The number of hydrogen-bond acceptors (Lipinski definition) is 3. The number of anilines is 1. The van der Waals surface area contributed by atoms with Gasteiger partial charge < -0.3 is 10.1 Å². The number of halogens is 4. The van der Waals surface area contributed by atoms with Gasteiger partial charge in [-0.3, -0.25) is 0 Å². The normalized spacial score (nSPS) is 17.6. The summed E-state index contributed by atoms with van der Waals surface area (Å²) in [6.07, 6.45) is -4.81. The minimum absolute atomic E-state index is 0.207. The second kappa shape index (κ2) is 6.87. The number of ether oxygens (including phenoxy) is 1.